The first-order valence-electron chi connectivity index (χ1n) is 6.66. The van der Waals surface area contributed by atoms with Crippen LogP contribution in [0.15, 0.2) is 23.4 Å². The van der Waals surface area contributed by atoms with Crippen LogP contribution in [0.4, 0.5) is 0 Å². The molecule has 1 nitrogen and oxygen atoms in total. The molecule has 0 amide bonds. The topological polar surface area (TPSA) is 26.0 Å². The van der Waals surface area contributed by atoms with Crippen LogP contribution in [0.1, 0.15) is 66.7 Å². The lowest BCUT2D eigenvalue weighted by molar-refractivity contribution is 0.210. The molecule has 1 rings (SSSR count). The van der Waals surface area contributed by atoms with Crippen LogP contribution in [0, 0.1) is 5.41 Å². The number of nitrogens with two attached hydrogens (primary N) is 1. The van der Waals surface area contributed by atoms with Crippen LogP contribution < -0.4 is 5.73 Å². The summed E-state index contributed by atoms with van der Waals surface area (Å²) in [6.07, 6.45) is 6.06. The average Bonchev–Trinajstić information content (AvgIpc) is 2.24. The summed E-state index contributed by atoms with van der Waals surface area (Å²) in [5, 5.41) is 0. The van der Waals surface area contributed by atoms with Gasteiger partial charge in [0.2, 0.25) is 0 Å². The second-order valence-corrected chi connectivity index (χ2v) is 4.84. The van der Waals surface area contributed by atoms with Crippen molar-refractivity contribution in [3.63, 3.8) is 0 Å². The summed E-state index contributed by atoms with van der Waals surface area (Å²) < 4.78 is 0. The summed E-state index contributed by atoms with van der Waals surface area (Å²) in [4.78, 5) is 0. The first-order valence-corrected chi connectivity index (χ1v) is 6.66. The van der Waals surface area contributed by atoms with Gasteiger partial charge in [-0.1, -0.05) is 52.7 Å². The zero-order valence-corrected chi connectivity index (χ0v) is 11.8. The van der Waals surface area contributed by atoms with Gasteiger partial charge in [-0.25, -0.2) is 0 Å². The molecule has 1 heteroatoms. The highest BCUT2D eigenvalue weighted by Gasteiger charge is 2.35. The minimum atomic E-state index is 0.281. The van der Waals surface area contributed by atoms with Crippen molar-refractivity contribution in [1.29, 1.82) is 0 Å². The molecule has 1 aliphatic carbocycles. The predicted molar refractivity (Wildman–Crippen MR) is 74.2 cm³/mol. The van der Waals surface area contributed by atoms with Crippen molar-refractivity contribution in [1.82, 2.24) is 0 Å². The van der Waals surface area contributed by atoms with E-state index in [9.17, 15) is 0 Å². The van der Waals surface area contributed by atoms with E-state index in [-0.39, 0.29) is 5.41 Å². The smallest absolute Gasteiger partial charge is 0.0176 e. The van der Waals surface area contributed by atoms with Crippen LogP contribution in [0.3, 0.4) is 0 Å². The van der Waals surface area contributed by atoms with Gasteiger partial charge in [0.15, 0.2) is 0 Å². The molecule has 0 bridgehead atoms. The molecule has 0 unspecified atom stereocenters. The molecule has 1 fully saturated rings. The second kappa shape index (κ2) is 6.78. The van der Waals surface area contributed by atoms with E-state index in [0.717, 1.165) is 24.1 Å². The number of allylic oxidation sites excluding steroid dienone is 3. The lowest BCUT2D eigenvalue weighted by Gasteiger charge is -2.40. The van der Waals surface area contributed by atoms with Gasteiger partial charge in [-0.3, -0.25) is 0 Å². The molecule has 1 saturated carbocycles. The van der Waals surface area contributed by atoms with Crippen LogP contribution in [0.2, 0.25) is 0 Å². The fourth-order valence-corrected chi connectivity index (χ4v) is 2.17. The van der Waals surface area contributed by atoms with Gasteiger partial charge < -0.3 is 5.73 Å². The van der Waals surface area contributed by atoms with Gasteiger partial charge in [-0.2, -0.15) is 0 Å². The van der Waals surface area contributed by atoms with Crippen molar-refractivity contribution < 1.29 is 0 Å². The molecule has 0 aromatic carbocycles. The second-order valence-electron chi connectivity index (χ2n) is 4.84. The number of rotatable bonds is 4. The molecular weight excluding hydrogens is 194 g/mol. The van der Waals surface area contributed by atoms with E-state index < -0.39 is 0 Å². The van der Waals surface area contributed by atoms with Crippen LogP contribution >= 0.6 is 0 Å². The Morgan fingerprint density at radius 2 is 1.81 bits per heavy atom. The molecular formula is C15H29N. The van der Waals surface area contributed by atoms with E-state index in [1.165, 1.54) is 24.8 Å². The fraction of sp³-hybridized carbons (Fsp3) is 0.733. The molecule has 2 N–H and O–H groups in total. The quantitative estimate of drug-likeness (QED) is 0.681. The van der Waals surface area contributed by atoms with Crippen molar-refractivity contribution >= 4 is 0 Å². The van der Waals surface area contributed by atoms with Gasteiger partial charge in [0.05, 0.1) is 0 Å². The summed E-state index contributed by atoms with van der Waals surface area (Å²) in [6.45, 7) is 14.6. The van der Waals surface area contributed by atoms with E-state index in [4.69, 9.17) is 5.73 Å². The van der Waals surface area contributed by atoms with E-state index in [2.05, 4.69) is 27.4 Å². The first-order chi connectivity index (χ1) is 7.51. The Kier molecular flexibility index (Phi) is 6.47. The van der Waals surface area contributed by atoms with Crippen LogP contribution in [-0.2, 0) is 0 Å². The van der Waals surface area contributed by atoms with Gasteiger partial charge in [-0.05, 0) is 31.8 Å². The minimum absolute atomic E-state index is 0.281. The standard InChI is InChI=1S/C13H23N.C2H6/c1-5-7-11(10(2)3)12(14)13(4)8-6-9-13;1-2/h2,5-9,14H2,1,3-4H3;1-2H3/b12-11-;. The largest absolute Gasteiger partial charge is 0.401 e. The molecule has 0 radical (unpaired) electrons. The molecule has 0 aromatic heterocycles. The Labute approximate surface area is 102 Å². The summed E-state index contributed by atoms with van der Waals surface area (Å²) >= 11 is 0. The summed E-state index contributed by atoms with van der Waals surface area (Å²) in [6, 6.07) is 0. The highest BCUT2D eigenvalue weighted by molar-refractivity contribution is 5.34. The van der Waals surface area contributed by atoms with Crippen molar-refractivity contribution in [3.8, 4) is 0 Å². The van der Waals surface area contributed by atoms with E-state index in [1.54, 1.807) is 0 Å². The maximum absolute atomic E-state index is 6.26. The maximum atomic E-state index is 6.26. The lowest BCUT2D eigenvalue weighted by atomic mass is 9.66. The molecule has 1 aliphatic rings. The Balaban J connectivity index is 0.00000106. The summed E-state index contributed by atoms with van der Waals surface area (Å²) in [5.74, 6) is 0. The average molecular weight is 223 g/mol. The molecule has 0 saturated heterocycles. The third-order valence-electron chi connectivity index (χ3n) is 3.45. The minimum Gasteiger partial charge on any atom is -0.401 e. The molecule has 0 aliphatic heterocycles. The molecule has 0 aromatic rings. The van der Waals surface area contributed by atoms with Crippen LogP contribution in [-0.4, -0.2) is 0 Å². The van der Waals surface area contributed by atoms with Crippen molar-refractivity contribution in [2.75, 3.05) is 0 Å². The highest BCUT2D eigenvalue weighted by atomic mass is 14.7. The van der Waals surface area contributed by atoms with Gasteiger partial charge in [0, 0.05) is 11.1 Å². The Bertz CT molecular complexity index is 257. The summed E-state index contributed by atoms with van der Waals surface area (Å²) in [5.41, 5.74) is 10.1. The van der Waals surface area contributed by atoms with Crippen molar-refractivity contribution in [2.24, 2.45) is 11.1 Å². The zero-order chi connectivity index (χ0) is 12.8. The third-order valence-corrected chi connectivity index (χ3v) is 3.45. The Hall–Kier alpha value is -0.720. The molecule has 0 atom stereocenters. The highest BCUT2D eigenvalue weighted by Crippen LogP contribution is 2.46. The van der Waals surface area contributed by atoms with Gasteiger partial charge in [-0.15, -0.1) is 0 Å². The summed E-state index contributed by atoms with van der Waals surface area (Å²) in [7, 11) is 0. The first kappa shape index (κ1) is 15.3. The SMILES string of the molecule is C=C(C)/C(CCC)=C(\N)C1(C)CCC1.CC. The van der Waals surface area contributed by atoms with Gasteiger partial charge in [0.1, 0.15) is 0 Å². The lowest BCUT2D eigenvalue weighted by Crippen LogP contribution is -2.33. The molecule has 94 valence electrons. The number of hydrogen-bond acceptors (Lipinski definition) is 1. The van der Waals surface area contributed by atoms with Crippen molar-refractivity contribution in [2.45, 2.75) is 66.7 Å². The van der Waals surface area contributed by atoms with Crippen LogP contribution in [0.5, 0.6) is 0 Å². The predicted octanol–water partition coefficient (Wildman–Crippen LogP) is 4.79. The molecule has 16 heavy (non-hydrogen) atoms. The maximum Gasteiger partial charge on any atom is 0.0176 e. The van der Waals surface area contributed by atoms with E-state index in [0.29, 0.717) is 0 Å². The van der Waals surface area contributed by atoms with Gasteiger partial charge >= 0.3 is 0 Å². The van der Waals surface area contributed by atoms with E-state index in [1.807, 2.05) is 13.8 Å². The van der Waals surface area contributed by atoms with Crippen LogP contribution in [0.25, 0.3) is 0 Å². The van der Waals surface area contributed by atoms with Crippen molar-refractivity contribution in [3.05, 3.63) is 23.4 Å². The zero-order valence-electron chi connectivity index (χ0n) is 11.8. The third kappa shape index (κ3) is 3.40. The monoisotopic (exact) mass is 223 g/mol. The fourth-order valence-electron chi connectivity index (χ4n) is 2.17. The molecule has 0 heterocycles. The van der Waals surface area contributed by atoms with E-state index >= 15 is 0 Å². The normalized spacial score (nSPS) is 18.8. The Morgan fingerprint density at radius 3 is 2.06 bits per heavy atom. The molecule has 0 spiro atoms. The Morgan fingerprint density at radius 1 is 1.31 bits per heavy atom. The van der Waals surface area contributed by atoms with Gasteiger partial charge in [0.25, 0.3) is 0 Å². The number of hydrogen-bond donors (Lipinski definition) is 1.